The third-order valence-electron chi connectivity index (χ3n) is 4.70. The highest BCUT2D eigenvalue weighted by molar-refractivity contribution is 6.11. The first-order valence-electron chi connectivity index (χ1n) is 10.5. The largest absolute Gasteiger partial charge is 0.481 e. The Morgan fingerprint density at radius 2 is 1.93 bits per heavy atom. The summed E-state index contributed by atoms with van der Waals surface area (Å²) in [6.07, 6.45) is 13.4. The molecule has 0 rings (SSSR count). The lowest BCUT2D eigenvalue weighted by Crippen LogP contribution is -2.27. The molecule has 29 heavy (non-hydrogen) atoms. The summed E-state index contributed by atoms with van der Waals surface area (Å²) < 4.78 is 0. The maximum Gasteiger partial charge on any atom is 0.303 e. The van der Waals surface area contributed by atoms with Crippen molar-refractivity contribution in [2.45, 2.75) is 66.2 Å². The number of aliphatic carboxylic acids is 1. The molecular formula is C24H38N2O3. The van der Waals surface area contributed by atoms with Gasteiger partial charge in [0.1, 0.15) is 0 Å². The van der Waals surface area contributed by atoms with Gasteiger partial charge in [-0.25, -0.2) is 0 Å². The molecule has 0 aromatic heterocycles. The number of rotatable bonds is 15. The van der Waals surface area contributed by atoms with E-state index in [0.29, 0.717) is 12.1 Å². The van der Waals surface area contributed by atoms with Crippen LogP contribution in [0.1, 0.15) is 66.2 Å². The molecule has 162 valence electrons. The van der Waals surface area contributed by atoms with E-state index in [-0.39, 0.29) is 24.2 Å². The van der Waals surface area contributed by atoms with Crippen molar-refractivity contribution in [1.82, 2.24) is 5.32 Å². The molecule has 0 fully saturated rings. The lowest BCUT2D eigenvalue weighted by atomic mass is 9.94. The molecule has 0 aliphatic carbocycles. The van der Waals surface area contributed by atoms with Gasteiger partial charge in [-0.1, -0.05) is 70.1 Å². The number of carboxylic acid groups (broad SMARTS) is 1. The SMILES string of the molecule is C=C(/C=C(/C)C=CCC)C(C)/C=C(\C=N)C(=O)NCCCC(CCC)CC(=O)O. The van der Waals surface area contributed by atoms with Crippen LogP contribution in [0.3, 0.4) is 0 Å². The Hall–Kier alpha value is -2.43. The third kappa shape index (κ3) is 12.6. The topological polar surface area (TPSA) is 90.3 Å². The first-order valence-corrected chi connectivity index (χ1v) is 10.5. The number of carboxylic acids is 1. The van der Waals surface area contributed by atoms with Crippen molar-refractivity contribution in [2.24, 2.45) is 11.8 Å². The van der Waals surface area contributed by atoms with Gasteiger partial charge in [-0.15, -0.1) is 0 Å². The van der Waals surface area contributed by atoms with Crippen LogP contribution < -0.4 is 5.32 Å². The first kappa shape index (κ1) is 26.6. The Balaban J connectivity index is 4.71. The van der Waals surface area contributed by atoms with E-state index in [1.54, 1.807) is 6.08 Å². The fraction of sp³-hybridized carbons (Fsp3) is 0.542. The maximum absolute atomic E-state index is 12.4. The minimum absolute atomic E-state index is 0.0631. The van der Waals surface area contributed by atoms with Crippen LogP contribution in [0, 0.1) is 17.2 Å². The van der Waals surface area contributed by atoms with E-state index in [4.69, 9.17) is 10.5 Å². The number of carbonyl (C=O) groups excluding carboxylic acids is 1. The van der Waals surface area contributed by atoms with E-state index in [2.05, 4.69) is 24.9 Å². The summed E-state index contributed by atoms with van der Waals surface area (Å²) in [5.41, 5.74) is 2.29. The molecule has 0 radical (unpaired) electrons. The van der Waals surface area contributed by atoms with Gasteiger partial charge in [-0.2, -0.15) is 0 Å². The van der Waals surface area contributed by atoms with Crippen molar-refractivity contribution >= 4 is 18.1 Å². The Morgan fingerprint density at radius 3 is 2.48 bits per heavy atom. The molecule has 0 bridgehead atoms. The predicted molar refractivity (Wildman–Crippen MR) is 121 cm³/mol. The van der Waals surface area contributed by atoms with Crippen molar-refractivity contribution in [1.29, 1.82) is 5.41 Å². The van der Waals surface area contributed by atoms with Crippen LogP contribution in [0.15, 0.2) is 47.6 Å². The highest BCUT2D eigenvalue weighted by Crippen LogP contribution is 2.18. The predicted octanol–water partition coefficient (Wildman–Crippen LogP) is 5.45. The molecule has 5 nitrogen and oxygen atoms in total. The zero-order valence-corrected chi connectivity index (χ0v) is 18.5. The normalized spacial score (nSPS) is 14.5. The van der Waals surface area contributed by atoms with E-state index >= 15 is 0 Å². The third-order valence-corrected chi connectivity index (χ3v) is 4.70. The molecule has 0 spiro atoms. The molecule has 0 aliphatic rings. The summed E-state index contributed by atoms with van der Waals surface area (Å²) in [4.78, 5) is 23.3. The molecule has 0 aliphatic heterocycles. The Labute approximate surface area is 176 Å². The fourth-order valence-corrected chi connectivity index (χ4v) is 3.04. The van der Waals surface area contributed by atoms with E-state index in [9.17, 15) is 9.59 Å². The monoisotopic (exact) mass is 402 g/mol. The Morgan fingerprint density at radius 1 is 1.24 bits per heavy atom. The highest BCUT2D eigenvalue weighted by Gasteiger charge is 2.13. The molecule has 0 heterocycles. The summed E-state index contributed by atoms with van der Waals surface area (Å²) in [5.74, 6) is -0.971. The Kier molecular flexibility index (Phi) is 14.2. The standard InChI is InChI=1S/C24H38N2O3/c1-6-8-11-18(3)14-19(4)20(5)15-22(17-25)24(29)26-13-9-12-21(10-7-2)16-23(27)28/h8,11,14-15,17,20-21,25H,4,6-7,9-10,12-13,16H2,1-3,5H3,(H,26,29)(H,27,28)/b11-8?,18-14-,22-15+,25-17?. The van der Waals surface area contributed by atoms with Crippen LogP contribution in [0.5, 0.6) is 0 Å². The van der Waals surface area contributed by atoms with E-state index < -0.39 is 5.97 Å². The average molecular weight is 403 g/mol. The van der Waals surface area contributed by atoms with Gasteiger partial charge in [-0.05, 0) is 43.6 Å². The minimum Gasteiger partial charge on any atom is -0.481 e. The van der Waals surface area contributed by atoms with Crippen molar-refractivity contribution in [3.8, 4) is 0 Å². The zero-order chi connectivity index (χ0) is 22.2. The van der Waals surface area contributed by atoms with Gasteiger partial charge < -0.3 is 15.8 Å². The number of allylic oxidation sites excluding steroid dienone is 6. The lowest BCUT2D eigenvalue weighted by molar-refractivity contribution is -0.138. The Bertz CT molecular complexity index is 645. The number of amides is 1. The van der Waals surface area contributed by atoms with E-state index in [1.807, 2.05) is 32.9 Å². The molecule has 0 aromatic rings. The average Bonchev–Trinajstić information content (AvgIpc) is 2.66. The summed E-state index contributed by atoms with van der Waals surface area (Å²) in [5, 5.41) is 19.4. The lowest BCUT2D eigenvalue weighted by Gasteiger charge is -2.14. The second-order valence-corrected chi connectivity index (χ2v) is 7.48. The number of carbonyl (C=O) groups is 2. The number of hydrogen-bond acceptors (Lipinski definition) is 3. The van der Waals surface area contributed by atoms with Gasteiger partial charge in [0.05, 0.1) is 5.57 Å². The summed E-state index contributed by atoms with van der Waals surface area (Å²) >= 11 is 0. The molecular weight excluding hydrogens is 364 g/mol. The van der Waals surface area contributed by atoms with Crippen molar-refractivity contribution in [3.05, 3.63) is 47.6 Å². The van der Waals surface area contributed by atoms with Crippen LogP contribution in [-0.4, -0.2) is 29.7 Å². The second-order valence-electron chi connectivity index (χ2n) is 7.48. The molecule has 3 N–H and O–H groups in total. The van der Waals surface area contributed by atoms with Crippen LogP contribution >= 0.6 is 0 Å². The van der Waals surface area contributed by atoms with Crippen LogP contribution in [-0.2, 0) is 9.59 Å². The van der Waals surface area contributed by atoms with Crippen LogP contribution in [0.4, 0.5) is 0 Å². The van der Waals surface area contributed by atoms with Crippen molar-refractivity contribution < 1.29 is 14.7 Å². The number of hydrogen-bond donors (Lipinski definition) is 3. The van der Waals surface area contributed by atoms with Gasteiger partial charge in [0.15, 0.2) is 0 Å². The molecule has 2 atom stereocenters. The maximum atomic E-state index is 12.4. The highest BCUT2D eigenvalue weighted by atomic mass is 16.4. The van der Waals surface area contributed by atoms with Crippen molar-refractivity contribution in [2.75, 3.05) is 6.54 Å². The second kappa shape index (κ2) is 15.5. The van der Waals surface area contributed by atoms with E-state index in [0.717, 1.165) is 49.5 Å². The number of nitrogens with one attached hydrogen (secondary N) is 2. The van der Waals surface area contributed by atoms with Gasteiger partial charge in [-0.3, -0.25) is 9.59 Å². The van der Waals surface area contributed by atoms with E-state index in [1.165, 1.54) is 0 Å². The fourth-order valence-electron chi connectivity index (χ4n) is 3.04. The van der Waals surface area contributed by atoms with Gasteiger partial charge in [0.25, 0.3) is 5.91 Å². The van der Waals surface area contributed by atoms with Gasteiger partial charge in [0.2, 0.25) is 0 Å². The molecule has 0 saturated carbocycles. The molecule has 0 aromatic carbocycles. The quantitative estimate of drug-likeness (QED) is 0.147. The van der Waals surface area contributed by atoms with Crippen LogP contribution in [0.25, 0.3) is 0 Å². The smallest absolute Gasteiger partial charge is 0.303 e. The summed E-state index contributed by atoms with van der Waals surface area (Å²) in [6.45, 7) is 12.6. The summed E-state index contributed by atoms with van der Waals surface area (Å²) in [7, 11) is 0. The van der Waals surface area contributed by atoms with Gasteiger partial charge >= 0.3 is 5.97 Å². The molecule has 1 amide bonds. The van der Waals surface area contributed by atoms with Crippen molar-refractivity contribution in [3.63, 3.8) is 0 Å². The first-order chi connectivity index (χ1) is 13.7. The minimum atomic E-state index is -0.773. The molecule has 0 saturated heterocycles. The molecule has 5 heteroatoms. The molecule has 2 unspecified atom stereocenters. The summed E-state index contributed by atoms with van der Waals surface area (Å²) in [6, 6.07) is 0. The van der Waals surface area contributed by atoms with Crippen LogP contribution in [0.2, 0.25) is 0 Å². The van der Waals surface area contributed by atoms with Gasteiger partial charge in [0, 0.05) is 19.2 Å². The zero-order valence-electron chi connectivity index (χ0n) is 18.5.